The maximum absolute atomic E-state index is 12.7. The Bertz CT molecular complexity index is 508. The Morgan fingerprint density at radius 3 is 2.90 bits per heavy atom. The second-order valence-corrected chi connectivity index (χ2v) is 5.79. The second-order valence-electron chi connectivity index (χ2n) is 5.79. The van der Waals surface area contributed by atoms with Crippen LogP contribution < -0.4 is 0 Å². The molecule has 0 radical (unpaired) electrons. The Hall–Kier alpha value is -1.40. The Balaban J connectivity index is 1.75. The summed E-state index contributed by atoms with van der Waals surface area (Å²) in [4.78, 5) is 19.2. The molecule has 1 aromatic rings. The molecule has 2 aliphatic rings. The van der Waals surface area contributed by atoms with E-state index in [0.29, 0.717) is 19.8 Å². The van der Waals surface area contributed by atoms with Crippen LogP contribution in [0.25, 0.3) is 0 Å². The molecule has 1 saturated heterocycles. The van der Waals surface area contributed by atoms with Gasteiger partial charge < -0.3 is 18.9 Å². The van der Waals surface area contributed by atoms with E-state index in [4.69, 9.17) is 9.47 Å². The number of carbonyl (C=O) groups is 1. The summed E-state index contributed by atoms with van der Waals surface area (Å²) in [6.07, 6.45) is 3.54. The van der Waals surface area contributed by atoms with E-state index in [9.17, 15) is 4.79 Å². The zero-order valence-electron chi connectivity index (χ0n) is 12.7. The zero-order valence-corrected chi connectivity index (χ0v) is 12.7. The minimum atomic E-state index is 0.0275. The van der Waals surface area contributed by atoms with Crippen LogP contribution >= 0.6 is 0 Å². The summed E-state index contributed by atoms with van der Waals surface area (Å²) in [5, 5.41) is 0. The van der Waals surface area contributed by atoms with E-state index < -0.39 is 0 Å². The third-order valence-electron chi connectivity index (χ3n) is 4.52. The lowest BCUT2D eigenvalue weighted by Gasteiger charge is -2.37. The number of amides is 1. The molecule has 3 heterocycles. The summed E-state index contributed by atoms with van der Waals surface area (Å²) >= 11 is 0. The quantitative estimate of drug-likeness (QED) is 0.844. The Kier molecular flexibility index (Phi) is 4.26. The van der Waals surface area contributed by atoms with Crippen LogP contribution in [0.15, 0.2) is 6.20 Å². The lowest BCUT2D eigenvalue weighted by Crippen LogP contribution is -2.45. The highest BCUT2D eigenvalue weighted by atomic mass is 16.5. The van der Waals surface area contributed by atoms with Gasteiger partial charge in [0.1, 0.15) is 5.82 Å². The highest BCUT2D eigenvalue weighted by molar-refractivity contribution is 5.79. The average Bonchev–Trinajstić information content (AvgIpc) is 2.92. The molecule has 0 spiro atoms. The van der Waals surface area contributed by atoms with Gasteiger partial charge in [-0.15, -0.1) is 0 Å². The Labute approximate surface area is 125 Å². The smallest absolute Gasteiger partial charge is 0.226 e. The van der Waals surface area contributed by atoms with E-state index in [-0.39, 0.29) is 17.9 Å². The molecule has 1 aromatic heterocycles. The Morgan fingerprint density at radius 2 is 2.19 bits per heavy atom. The minimum Gasteiger partial charge on any atom is -0.381 e. The monoisotopic (exact) mass is 293 g/mol. The van der Waals surface area contributed by atoms with E-state index in [1.807, 2.05) is 11.1 Å². The summed E-state index contributed by atoms with van der Waals surface area (Å²) in [6, 6.07) is 0.0275. The third-order valence-corrected chi connectivity index (χ3v) is 4.52. The summed E-state index contributed by atoms with van der Waals surface area (Å²) < 4.78 is 12.7. The molecule has 6 heteroatoms. The predicted octanol–water partition coefficient (Wildman–Crippen LogP) is 1.36. The number of fused-ring (bicyclic) bond motifs is 1. The van der Waals surface area contributed by atoms with Gasteiger partial charge in [-0.05, 0) is 19.8 Å². The van der Waals surface area contributed by atoms with Crippen LogP contribution in [0.5, 0.6) is 0 Å². The lowest BCUT2D eigenvalue weighted by molar-refractivity contribution is -0.142. The van der Waals surface area contributed by atoms with Gasteiger partial charge in [-0.25, -0.2) is 4.98 Å². The van der Waals surface area contributed by atoms with Gasteiger partial charge in [-0.2, -0.15) is 0 Å². The van der Waals surface area contributed by atoms with Crippen molar-refractivity contribution in [1.82, 2.24) is 14.5 Å². The molecule has 3 rings (SSSR count). The normalized spacial score (nSPS) is 23.1. The van der Waals surface area contributed by atoms with Crippen molar-refractivity contribution in [3.05, 3.63) is 17.7 Å². The van der Waals surface area contributed by atoms with Crippen molar-refractivity contribution in [2.75, 3.05) is 26.9 Å². The number of hydrogen-bond acceptors (Lipinski definition) is 4. The average molecular weight is 293 g/mol. The molecule has 0 unspecified atom stereocenters. The molecule has 0 N–H and O–H groups in total. The van der Waals surface area contributed by atoms with Crippen LogP contribution in [-0.2, 0) is 27.4 Å². The van der Waals surface area contributed by atoms with Crippen molar-refractivity contribution in [3.8, 4) is 0 Å². The largest absolute Gasteiger partial charge is 0.381 e. The maximum Gasteiger partial charge on any atom is 0.226 e. The minimum absolute atomic E-state index is 0.0275. The van der Waals surface area contributed by atoms with E-state index in [1.54, 1.807) is 7.11 Å². The molecule has 0 saturated carbocycles. The van der Waals surface area contributed by atoms with Crippen LogP contribution in [-0.4, -0.2) is 47.2 Å². The number of nitrogens with zero attached hydrogens (tertiary/aromatic N) is 3. The van der Waals surface area contributed by atoms with Gasteiger partial charge in [-0.3, -0.25) is 4.79 Å². The zero-order chi connectivity index (χ0) is 14.8. The molecule has 0 aliphatic carbocycles. The number of ether oxygens (including phenoxy) is 2. The number of rotatable bonds is 3. The number of hydrogen-bond donors (Lipinski definition) is 0. The highest BCUT2D eigenvalue weighted by Crippen LogP contribution is 2.29. The van der Waals surface area contributed by atoms with E-state index >= 15 is 0 Å². The molecule has 116 valence electrons. The Morgan fingerprint density at radius 1 is 1.43 bits per heavy atom. The van der Waals surface area contributed by atoms with Crippen molar-refractivity contribution in [3.63, 3.8) is 0 Å². The number of methoxy groups -OCH3 is 1. The molecule has 0 bridgehead atoms. The number of aromatic nitrogens is 2. The fraction of sp³-hybridized carbons (Fsp3) is 0.733. The number of imidazole rings is 1. The summed E-state index contributed by atoms with van der Waals surface area (Å²) in [6.45, 7) is 5.57. The van der Waals surface area contributed by atoms with Crippen LogP contribution in [0.2, 0.25) is 0 Å². The van der Waals surface area contributed by atoms with Crippen molar-refractivity contribution in [1.29, 1.82) is 0 Å². The van der Waals surface area contributed by atoms with Gasteiger partial charge in [0.05, 0.1) is 24.5 Å². The van der Waals surface area contributed by atoms with E-state index in [1.165, 1.54) is 0 Å². The van der Waals surface area contributed by atoms with Gasteiger partial charge in [0.15, 0.2) is 0 Å². The standard InChI is InChI=1S/C15H23N3O3/c1-11-14-16-9-13(10-20-2)18(14)6-5-17(11)15(19)12-3-7-21-8-4-12/h9,11-12H,3-8,10H2,1-2H3/t11-/m1/s1. The van der Waals surface area contributed by atoms with Crippen molar-refractivity contribution in [2.45, 2.75) is 39.0 Å². The number of carbonyl (C=O) groups excluding carboxylic acids is 1. The SMILES string of the molecule is COCc1cnc2n1CCN(C(=O)C1CCOCC1)[C@@H]2C. The van der Waals surface area contributed by atoms with Crippen LogP contribution in [0, 0.1) is 5.92 Å². The van der Waals surface area contributed by atoms with Gasteiger partial charge >= 0.3 is 0 Å². The van der Waals surface area contributed by atoms with Crippen molar-refractivity contribution >= 4 is 5.91 Å². The molecular formula is C15H23N3O3. The fourth-order valence-corrected chi connectivity index (χ4v) is 3.30. The third kappa shape index (κ3) is 2.70. The molecule has 2 aliphatic heterocycles. The van der Waals surface area contributed by atoms with E-state index in [0.717, 1.165) is 37.4 Å². The van der Waals surface area contributed by atoms with Gasteiger partial charge in [-0.1, -0.05) is 0 Å². The molecule has 0 aromatic carbocycles. The van der Waals surface area contributed by atoms with Crippen LogP contribution in [0.1, 0.15) is 37.3 Å². The van der Waals surface area contributed by atoms with Gasteiger partial charge in [0, 0.05) is 39.3 Å². The first-order valence-electron chi connectivity index (χ1n) is 7.64. The summed E-state index contributed by atoms with van der Waals surface area (Å²) in [5.74, 6) is 1.34. The summed E-state index contributed by atoms with van der Waals surface area (Å²) in [7, 11) is 1.69. The first-order chi connectivity index (χ1) is 10.2. The molecular weight excluding hydrogens is 270 g/mol. The highest BCUT2D eigenvalue weighted by Gasteiger charge is 2.34. The van der Waals surface area contributed by atoms with Crippen molar-refractivity contribution < 1.29 is 14.3 Å². The van der Waals surface area contributed by atoms with Crippen LogP contribution in [0.3, 0.4) is 0 Å². The first-order valence-corrected chi connectivity index (χ1v) is 7.64. The summed E-state index contributed by atoms with van der Waals surface area (Å²) in [5.41, 5.74) is 1.08. The van der Waals surface area contributed by atoms with Gasteiger partial charge in [0.25, 0.3) is 0 Å². The molecule has 1 atom stereocenters. The molecule has 1 amide bonds. The van der Waals surface area contributed by atoms with Gasteiger partial charge in [0.2, 0.25) is 5.91 Å². The topological polar surface area (TPSA) is 56.6 Å². The maximum atomic E-state index is 12.7. The van der Waals surface area contributed by atoms with E-state index in [2.05, 4.69) is 16.5 Å². The second kappa shape index (κ2) is 6.15. The fourth-order valence-electron chi connectivity index (χ4n) is 3.30. The molecule has 21 heavy (non-hydrogen) atoms. The molecule has 1 fully saturated rings. The van der Waals surface area contributed by atoms with Crippen LogP contribution in [0.4, 0.5) is 0 Å². The lowest BCUT2D eigenvalue weighted by atomic mass is 9.97. The molecule has 6 nitrogen and oxygen atoms in total. The first kappa shape index (κ1) is 14.5. The predicted molar refractivity (Wildman–Crippen MR) is 76.6 cm³/mol. The van der Waals surface area contributed by atoms with Crippen molar-refractivity contribution in [2.24, 2.45) is 5.92 Å².